The molecule has 0 aromatic heterocycles. The largest absolute Gasteiger partial charge is 0.373 e. The molecule has 0 aromatic rings. The smallest absolute Gasteiger partial charge is 0.236 e. The summed E-state index contributed by atoms with van der Waals surface area (Å²) in [5.74, 6) is -0.162. The van der Waals surface area contributed by atoms with Gasteiger partial charge >= 0.3 is 0 Å². The number of rotatable bonds is 3. The first kappa shape index (κ1) is 15.3. The second-order valence-corrected chi connectivity index (χ2v) is 6.01. The summed E-state index contributed by atoms with van der Waals surface area (Å²) < 4.78 is 5.67. The van der Waals surface area contributed by atoms with E-state index in [1.54, 1.807) is 0 Å². The summed E-state index contributed by atoms with van der Waals surface area (Å²) in [5.41, 5.74) is 5.30. The molecule has 0 aliphatic carbocycles. The highest BCUT2D eigenvalue weighted by Crippen LogP contribution is 2.17. The Hall–Kier alpha value is -1.14. The monoisotopic (exact) mass is 283 g/mol. The molecular weight excluding hydrogens is 258 g/mol. The molecule has 0 aromatic carbocycles. The van der Waals surface area contributed by atoms with E-state index in [9.17, 15) is 9.59 Å². The fourth-order valence-corrected chi connectivity index (χ4v) is 3.12. The lowest BCUT2D eigenvalue weighted by molar-refractivity contribution is -0.138. The zero-order valence-electron chi connectivity index (χ0n) is 12.4. The van der Waals surface area contributed by atoms with E-state index in [-0.39, 0.29) is 29.9 Å². The second-order valence-electron chi connectivity index (χ2n) is 6.01. The highest BCUT2D eigenvalue weighted by atomic mass is 16.5. The lowest BCUT2D eigenvalue weighted by Gasteiger charge is -2.37. The van der Waals surface area contributed by atoms with Crippen molar-refractivity contribution in [3.63, 3.8) is 0 Å². The fraction of sp³-hybridized carbons (Fsp3) is 0.857. The molecule has 2 atom stereocenters. The molecule has 0 saturated carbocycles. The van der Waals surface area contributed by atoms with Gasteiger partial charge in [-0.3, -0.25) is 14.5 Å². The Balaban J connectivity index is 1.79. The van der Waals surface area contributed by atoms with Crippen LogP contribution in [0.4, 0.5) is 0 Å². The number of amides is 2. The molecular formula is C14H25N3O3. The number of piperidine rings is 1. The second kappa shape index (κ2) is 6.54. The zero-order valence-corrected chi connectivity index (χ0v) is 12.4. The molecule has 0 spiro atoms. The average Bonchev–Trinajstić information content (AvgIpc) is 2.37. The van der Waals surface area contributed by atoms with Crippen LogP contribution in [0.3, 0.4) is 0 Å². The van der Waals surface area contributed by atoms with Crippen molar-refractivity contribution in [2.75, 3.05) is 32.7 Å². The Morgan fingerprint density at radius 2 is 1.70 bits per heavy atom. The van der Waals surface area contributed by atoms with Gasteiger partial charge in [-0.1, -0.05) is 0 Å². The van der Waals surface area contributed by atoms with Gasteiger partial charge in [0.05, 0.1) is 18.8 Å². The average molecular weight is 283 g/mol. The van der Waals surface area contributed by atoms with Crippen molar-refractivity contribution in [3.05, 3.63) is 0 Å². The SMILES string of the molecule is CC1CN(CC(=O)N2CCC(C(N)=O)CC2)CC(C)O1. The minimum absolute atomic E-state index is 0.0671. The van der Waals surface area contributed by atoms with Gasteiger partial charge in [-0.15, -0.1) is 0 Å². The molecule has 114 valence electrons. The van der Waals surface area contributed by atoms with E-state index in [2.05, 4.69) is 4.90 Å². The molecule has 2 heterocycles. The van der Waals surface area contributed by atoms with Crippen LogP contribution in [0.5, 0.6) is 0 Å². The van der Waals surface area contributed by atoms with Gasteiger partial charge in [-0.25, -0.2) is 0 Å². The number of morpholine rings is 1. The Kier molecular flexibility index (Phi) is 4.99. The third-order valence-corrected chi connectivity index (χ3v) is 4.10. The van der Waals surface area contributed by atoms with Gasteiger partial charge in [-0.2, -0.15) is 0 Å². The van der Waals surface area contributed by atoms with Crippen LogP contribution in [0.25, 0.3) is 0 Å². The first-order valence-corrected chi connectivity index (χ1v) is 7.40. The number of ether oxygens (including phenoxy) is 1. The Morgan fingerprint density at radius 3 is 2.20 bits per heavy atom. The van der Waals surface area contributed by atoms with E-state index >= 15 is 0 Å². The number of likely N-dealkylation sites (tertiary alicyclic amines) is 1. The van der Waals surface area contributed by atoms with Crippen molar-refractivity contribution in [3.8, 4) is 0 Å². The van der Waals surface area contributed by atoms with Crippen LogP contribution in [-0.2, 0) is 14.3 Å². The zero-order chi connectivity index (χ0) is 14.7. The van der Waals surface area contributed by atoms with Crippen LogP contribution >= 0.6 is 0 Å². The van der Waals surface area contributed by atoms with Crippen LogP contribution in [0.1, 0.15) is 26.7 Å². The van der Waals surface area contributed by atoms with Crippen molar-refractivity contribution >= 4 is 11.8 Å². The van der Waals surface area contributed by atoms with Crippen LogP contribution in [0.15, 0.2) is 0 Å². The number of nitrogens with zero attached hydrogens (tertiary/aromatic N) is 2. The third-order valence-electron chi connectivity index (χ3n) is 4.10. The van der Waals surface area contributed by atoms with Gasteiger partial charge in [0.25, 0.3) is 0 Å². The first-order valence-electron chi connectivity index (χ1n) is 7.40. The number of primary amides is 1. The van der Waals surface area contributed by atoms with Crippen LogP contribution in [-0.4, -0.2) is 66.5 Å². The van der Waals surface area contributed by atoms with E-state index in [0.717, 1.165) is 13.1 Å². The number of carbonyl (C=O) groups is 2. The lowest BCUT2D eigenvalue weighted by atomic mass is 9.96. The predicted octanol–water partition coefficient (Wildman–Crippen LogP) is -0.180. The van der Waals surface area contributed by atoms with Gasteiger partial charge in [0.15, 0.2) is 0 Å². The number of carbonyl (C=O) groups excluding carboxylic acids is 2. The van der Waals surface area contributed by atoms with Gasteiger partial charge in [-0.05, 0) is 26.7 Å². The van der Waals surface area contributed by atoms with Crippen molar-refractivity contribution in [2.45, 2.75) is 38.9 Å². The van der Waals surface area contributed by atoms with Crippen LogP contribution in [0, 0.1) is 5.92 Å². The summed E-state index contributed by atoms with van der Waals surface area (Å²) >= 11 is 0. The highest BCUT2D eigenvalue weighted by Gasteiger charge is 2.29. The van der Waals surface area contributed by atoms with Crippen LogP contribution < -0.4 is 5.73 Å². The van der Waals surface area contributed by atoms with Gasteiger partial charge < -0.3 is 15.4 Å². The van der Waals surface area contributed by atoms with E-state index in [1.807, 2.05) is 18.7 Å². The molecule has 2 fully saturated rings. The summed E-state index contributed by atoms with van der Waals surface area (Å²) in [6.07, 6.45) is 1.73. The summed E-state index contributed by atoms with van der Waals surface area (Å²) in [6, 6.07) is 0. The summed E-state index contributed by atoms with van der Waals surface area (Å²) in [5, 5.41) is 0. The lowest BCUT2D eigenvalue weighted by Crippen LogP contribution is -2.51. The third kappa shape index (κ3) is 3.93. The summed E-state index contributed by atoms with van der Waals surface area (Å²) in [6.45, 7) is 7.39. The molecule has 2 rings (SSSR count). The molecule has 2 amide bonds. The van der Waals surface area contributed by atoms with E-state index in [0.29, 0.717) is 32.5 Å². The highest BCUT2D eigenvalue weighted by molar-refractivity contribution is 5.80. The maximum atomic E-state index is 12.3. The molecule has 2 aliphatic rings. The number of hydrogen-bond acceptors (Lipinski definition) is 4. The van der Waals surface area contributed by atoms with E-state index in [1.165, 1.54) is 0 Å². The molecule has 0 bridgehead atoms. The normalized spacial score (nSPS) is 29.4. The van der Waals surface area contributed by atoms with Gasteiger partial charge in [0.2, 0.25) is 11.8 Å². The Morgan fingerprint density at radius 1 is 1.15 bits per heavy atom. The molecule has 2 aliphatic heterocycles. The van der Waals surface area contributed by atoms with Crippen LogP contribution in [0.2, 0.25) is 0 Å². The molecule has 0 radical (unpaired) electrons. The predicted molar refractivity (Wildman–Crippen MR) is 74.9 cm³/mol. The summed E-state index contributed by atoms with van der Waals surface area (Å²) in [7, 11) is 0. The fourth-order valence-electron chi connectivity index (χ4n) is 3.12. The van der Waals surface area contributed by atoms with E-state index in [4.69, 9.17) is 10.5 Å². The topological polar surface area (TPSA) is 75.9 Å². The molecule has 2 N–H and O–H groups in total. The molecule has 2 saturated heterocycles. The van der Waals surface area contributed by atoms with Crippen molar-refractivity contribution < 1.29 is 14.3 Å². The van der Waals surface area contributed by atoms with Gasteiger partial charge in [0.1, 0.15) is 0 Å². The first-order chi connectivity index (χ1) is 9.45. The molecule has 20 heavy (non-hydrogen) atoms. The van der Waals surface area contributed by atoms with E-state index < -0.39 is 0 Å². The number of nitrogens with two attached hydrogens (primary N) is 1. The standard InChI is InChI=1S/C14H25N3O3/c1-10-7-16(8-11(2)20-10)9-13(18)17-5-3-12(4-6-17)14(15)19/h10-12H,3-9H2,1-2H3,(H2,15,19). The summed E-state index contributed by atoms with van der Waals surface area (Å²) in [4.78, 5) is 27.4. The maximum absolute atomic E-state index is 12.3. The van der Waals surface area contributed by atoms with Crippen molar-refractivity contribution in [2.24, 2.45) is 11.7 Å². The molecule has 2 unspecified atom stereocenters. The minimum atomic E-state index is -0.243. The molecule has 6 heteroatoms. The maximum Gasteiger partial charge on any atom is 0.236 e. The minimum Gasteiger partial charge on any atom is -0.373 e. The molecule has 6 nitrogen and oxygen atoms in total. The van der Waals surface area contributed by atoms with Crippen molar-refractivity contribution in [1.82, 2.24) is 9.80 Å². The number of hydrogen-bond donors (Lipinski definition) is 1. The Labute approximate surface area is 120 Å². The Bertz CT molecular complexity index is 357. The quantitative estimate of drug-likeness (QED) is 0.779. The van der Waals surface area contributed by atoms with Gasteiger partial charge in [0, 0.05) is 32.1 Å². The van der Waals surface area contributed by atoms with Crippen molar-refractivity contribution in [1.29, 1.82) is 0 Å².